The average molecular weight is 423 g/mol. The topological polar surface area (TPSA) is 8.17 Å². The maximum absolute atomic E-state index is 2.40. The number of aromatic nitrogens is 1. The van der Waals surface area contributed by atoms with Crippen LogP contribution in [0.25, 0.3) is 27.5 Å². The van der Waals surface area contributed by atoms with Crippen LogP contribution >= 0.6 is 0 Å². The Morgan fingerprint density at radius 2 is 1.30 bits per heavy atom. The van der Waals surface area contributed by atoms with Crippen molar-refractivity contribution < 1.29 is 0 Å². The van der Waals surface area contributed by atoms with Crippen molar-refractivity contribution in [2.24, 2.45) is 0 Å². The summed E-state index contributed by atoms with van der Waals surface area (Å²) in [6, 6.07) is 34.9. The molecular formula is C31H22N2. The Hall–Kier alpha value is -4.30. The third kappa shape index (κ3) is 2.74. The molecular weight excluding hydrogens is 400 g/mol. The van der Waals surface area contributed by atoms with E-state index in [0.717, 1.165) is 0 Å². The van der Waals surface area contributed by atoms with E-state index in [1.54, 1.807) is 0 Å². The molecule has 2 bridgehead atoms. The van der Waals surface area contributed by atoms with Crippen molar-refractivity contribution in [3.05, 3.63) is 139 Å². The van der Waals surface area contributed by atoms with Gasteiger partial charge in [-0.3, -0.25) is 0 Å². The molecule has 0 saturated heterocycles. The molecule has 0 spiro atoms. The van der Waals surface area contributed by atoms with E-state index in [1.807, 2.05) is 0 Å². The molecule has 0 radical (unpaired) electrons. The van der Waals surface area contributed by atoms with E-state index in [-0.39, 0.29) is 5.92 Å². The number of allylic oxidation sites excluding steroid dienone is 5. The van der Waals surface area contributed by atoms with Gasteiger partial charge in [0.25, 0.3) is 0 Å². The highest BCUT2D eigenvalue weighted by molar-refractivity contribution is 6.09. The lowest BCUT2D eigenvalue weighted by Crippen LogP contribution is -2.21. The van der Waals surface area contributed by atoms with Crippen LogP contribution in [-0.4, -0.2) is 4.57 Å². The molecule has 1 aliphatic heterocycles. The monoisotopic (exact) mass is 422 g/mol. The van der Waals surface area contributed by atoms with Crippen LogP contribution < -0.4 is 4.90 Å². The van der Waals surface area contributed by atoms with Gasteiger partial charge in [-0.2, -0.15) is 0 Å². The van der Waals surface area contributed by atoms with Gasteiger partial charge in [-0.25, -0.2) is 0 Å². The van der Waals surface area contributed by atoms with E-state index in [4.69, 9.17) is 0 Å². The lowest BCUT2D eigenvalue weighted by atomic mass is 9.91. The van der Waals surface area contributed by atoms with Gasteiger partial charge in [0.1, 0.15) is 0 Å². The second kappa shape index (κ2) is 7.11. The zero-order chi connectivity index (χ0) is 21.8. The first-order chi connectivity index (χ1) is 16.4. The molecule has 0 amide bonds. The smallest absolute Gasteiger partial charge is 0.0541 e. The Balaban J connectivity index is 1.49. The van der Waals surface area contributed by atoms with E-state index in [1.165, 1.54) is 50.1 Å². The summed E-state index contributed by atoms with van der Waals surface area (Å²) in [5.41, 5.74) is 8.63. The zero-order valence-electron chi connectivity index (χ0n) is 18.1. The molecule has 1 unspecified atom stereocenters. The zero-order valence-corrected chi connectivity index (χ0v) is 18.1. The number of hydrogen-bond acceptors (Lipinski definition) is 1. The van der Waals surface area contributed by atoms with Crippen LogP contribution in [0.5, 0.6) is 0 Å². The summed E-state index contributed by atoms with van der Waals surface area (Å²) in [7, 11) is 0. The molecule has 2 nitrogen and oxygen atoms in total. The summed E-state index contributed by atoms with van der Waals surface area (Å²) < 4.78 is 2.40. The Labute approximate surface area is 193 Å². The highest BCUT2D eigenvalue weighted by Gasteiger charge is 2.26. The Bertz CT molecular complexity index is 1560. The number of nitrogens with zero attached hydrogens (tertiary/aromatic N) is 2. The second-order valence-electron chi connectivity index (χ2n) is 8.65. The molecule has 1 aliphatic carbocycles. The number of hydrogen-bond donors (Lipinski definition) is 0. The molecule has 156 valence electrons. The van der Waals surface area contributed by atoms with Gasteiger partial charge in [0.15, 0.2) is 0 Å². The third-order valence-corrected chi connectivity index (χ3v) is 6.77. The van der Waals surface area contributed by atoms with Crippen LogP contribution in [0.4, 0.5) is 11.4 Å². The first kappa shape index (κ1) is 18.3. The van der Waals surface area contributed by atoms with Gasteiger partial charge in [0.2, 0.25) is 0 Å². The first-order valence-corrected chi connectivity index (χ1v) is 11.4. The van der Waals surface area contributed by atoms with Gasteiger partial charge in [0, 0.05) is 33.8 Å². The van der Waals surface area contributed by atoms with Crippen molar-refractivity contribution in [2.45, 2.75) is 5.92 Å². The molecule has 4 aromatic carbocycles. The minimum atomic E-state index is 0.248. The van der Waals surface area contributed by atoms with Crippen molar-refractivity contribution in [2.75, 3.05) is 4.90 Å². The number of anilines is 2. The van der Waals surface area contributed by atoms with Crippen LogP contribution in [0.2, 0.25) is 0 Å². The maximum atomic E-state index is 2.40. The molecule has 2 heteroatoms. The first-order valence-electron chi connectivity index (χ1n) is 11.4. The van der Waals surface area contributed by atoms with Gasteiger partial charge in [-0.15, -0.1) is 0 Å². The van der Waals surface area contributed by atoms with Crippen LogP contribution in [-0.2, 0) is 0 Å². The summed E-state index contributed by atoms with van der Waals surface area (Å²) >= 11 is 0. The maximum Gasteiger partial charge on any atom is 0.0541 e. The molecule has 1 aromatic heterocycles. The van der Waals surface area contributed by atoms with Crippen LogP contribution in [0.3, 0.4) is 0 Å². The van der Waals surface area contributed by atoms with Crippen molar-refractivity contribution in [3.63, 3.8) is 0 Å². The van der Waals surface area contributed by atoms with E-state index in [0.29, 0.717) is 0 Å². The molecule has 0 N–H and O–H groups in total. The van der Waals surface area contributed by atoms with Crippen LogP contribution in [0, 0.1) is 0 Å². The van der Waals surface area contributed by atoms with Crippen molar-refractivity contribution in [3.8, 4) is 5.69 Å². The highest BCUT2D eigenvalue weighted by Crippen LogP contribution is 2.44. The van der Waals surface area contributed by atoms with Gasteiger partial charge in [0.05, 0.1) is 16.7 Å². The van der Waals surface area contributed by atoms with E-state index in [9.17, 15) is 0 Å². The fourth-order valence-electron chi connectivity index (χ4n) is 5.33. The van der Waals surface area contributed by atoms with Crippen LogP contribution in [0.15, 0.2) is 133 Å². The molecule has 0 fully saturated rings. The molecule has 5 aromatic rings. The van der Waals surface area contributed by atoms with E-state index >= 15 is 0 Å². The van der Waals surface area contributed by atoms with Crippen molar-refractivity contribution >= 4 is 33.2 Å². The van der Waals surface area contributed by atoms with Gasteiger partial charge < -0.3 is 9.47 Å². The third-order valence-electron chi connectivity index (χ3n) is 6.77. The normalized spacial score (nSPS) is 16.7. The molecule has 33 heavy (non-hydrogen) atoms. The predicted octanol–water partition coefficient (Wildman–Crippen LogP) is 8.03. The van der Waals surface area contributed by atoms with Gasteiger partial charge in [-0.1, -0.05) is 72.8 Å². The summed E-state index contributed by atoms with van der Waals surface area (Å²) in [6.45, 7) is 0. The molecule has 1 atom stereocenters. The number of rotatable bonds is 2. The predicted molar refractivity (Wildman–Crippen MR) is 138 cm³/mol. The van der Waals surface area contributed by atoms with Crippen molar-refractivity contribution in [1.82, 2.24) is 4.57 Å². The Kier molecular flexibility index (Phi) is 3.94. The minimum absolute atomic E-state index is 0.248. The largest absolute Gasteiger partial charge is 0.310 e. The highest BCUT2D eigenvalue weighted by atomic mass is 15.2. The average Bonchev–Trinajstić information content (AvgIpc) is 3.06. The summed E-state index contributed by atoms with van der Waals surface area (Å²) in [5, 5.41) is 2.58. The van der Waals surface area contributed by atoms with Gasteiger partial charge >= 0.3 is 0 Å². The van der Waals surface area contributed by atoms with Gasteiger partial charge in [-0.05, 0) is 60.2 Å². The Morgan fingerprint density at radius 1 is 0.606 bits per heavy atom. The lowest BCUT2D eigenvalue weighted by Gasteiger charge is -2.34. The molecule has 2 heterocycles. The van der Waals surface area contributed by atoms with Crippen LogP contribution in [0.1, 0.15) is 11.5 Å². The fraction of sp³-hybridized carbons (Fsp3) is 0.0323. The molecule has 0 saturated carbocycles. The standard InChI is InChI=1S/C31H22N2/c1-2-11-23(12-3-1)32-24-13-5-4-10-22(20-24)28-21-25(18-19-31(28)32)33-29-16-8-6-14-26(29)27-15-7-9-17-30(27)33/h1-22H. The summed E-state index contributed by atoms with van der Waals surface area (Å²) in [6.07, 6.45) is 11.2. The number of benzene rings is 4. The molecule has 2 aliphatic rings. The summed E-state index contributed by atoms with van der Waals surface area (Å²) in [5.74, 6) is 0.248. The molecule has 7 rings (SSSR count). The SMILES string of the molecule is C1=CC2=CC(C=C1)c1cc(-n3c4ccccc4c4ccccc43)ccc1N2c1ccccc1. The van der Waals surface area contributed by atoms with Crippen molar-refractivity contribution in [1.29, 1.82) is 0 Å². The Morgan fingerprint density at radius 3 is 2.06 bits per heavy atom. The number of fused-ring (bicyclic) bond motifs is 6. The summed E-state index contributed by atoms with van der Waals surface area (Å²) in [4.78, 5) is 2.37. The fourth-order valence-corrected chi connectivity index (χ4v) is 5.33. The number of para-hydroxylation sites is 3. The second-order valence-corrected chi connectivity index (χ2v) is 8.65. The minimum Gasteiger partial charge on any atom is -0.310 e. The lowest BCUT2D eigenvalue weighted by molar-refractivity contribution is 0.990. The van der Waals surface area contributed by atoms with E-state index < -0.39 is 0 Å². The van der Waals surface area contributed by atoms with E-state index in [2.05, 4.69) is 137 Å². The quantitative estimate of drug-likeness (QED) is 0.279.